The van der Waals surface area contributed by atoms with E-state index in [1.54, 1.807) is 6.07 Å². The second-order valence-electron chi connectivity index (χ2n) is 6.40. The van der Waals surface area contributed by atoms with Crippen molar-refractivity contribution < 1.29 is 22.4 Å². The molecule has 0 amide bonds. The van der Waals surface area contributed by atoms with Gasteiger partial charge in [-0.2, -0.15) is 0 Å². The molecule has 1 aromatic heterocycles. The third-order valence-corrected chi connectivity index (χ3v) is 5.41. The fourth-order valence-corrected chi connectivity index (χ4v) is 3.35. The van der Waals surface area contributed by atoms with Crippen molar-refractivity contribution in [2.45, 2.75) is 25.3 Å². The van der Waals surface area contributed by atoms with Crippen molar-refractivity contribution in [3.8, 4) is 0 Å². The highest BCUT2D eigenvalue weighted by Gasteiger charge is 2.14. The summed E-state index contributed by atoms with van der Waals surface area (Å²) in [7, 11) is -3.43. The lowest BCUT2D eigenvalue weighted by molar-refractivity contribution is 0.0473. The number of carbonyl (C=O) groups is 1. The second-order valence-corrected chi connectivity index (χ2v) is 8.42. The number of sulfone groups is 1. The average Bonchev–Trinajstić information content (AvgIpc) is 2.60. The number of hydrogen-bond acceptors (Lipinski definition) is 6. The number of aryl methyl sites for hydroxylation is 2. The minimum Gasteiger partial charge on any atom is -0.457 e. The Bertz CT molecular complexity index is 1200. The first-order valence-corrected chi connectivity index (χ1v) is 10.1. The monoisotopic (exact) mass is 386 g/mol. The van der Waals surface area contributed by atoms with Crippen molar-refractivity contribution in [1.82, 2.24) is 0 Å². The Balaban J connectivity index is 1.90. The number of hydrogen-bond donors (Lipinski definition) is 0. The van der Waals surface area contributed by atoms with Crippen molar-refractivity contribution >= 4 is 26.8 Å². The molecule has 7 heteroatoms. The van der Waals surface area contributed by atoms with Crippen LogP contribution in [0.15, 0.2) is 56.6 Å². The minimum atomic E-state index is -3.43. The first-order chi connectivity index (χ1) is 12.6. The van der Waals surface area contributed by atoms with Crippen molar-refractivity contribution in [3.63, 3.8) is 0 Å². The number of fused-ring (bicyclic) bond motifs is 1. The van der Waals surface area contributed by atoms with Gasteiger partial charge in [0.1, 0.15) is 12.2 Å². The molecule has 0 aliphatic rings. The summed E-state index contributed by atoms with van der Waals surface area (Å²) in [5.41, 5.74) is 2.54. The molecule has 3 rings (SSSR count). The molecular formula is C20H18O6S. The standard InChI is InChI=1S/C20H18O6S/c1-12-7-17-15(10-19(21)26-18(17)8-13(12)2)11-25-20(22)14-5-4-6-16(9-14)27(3,23)24/h4-10H,11H2,1-3H3. The van der Waals surface area contributed by atoms with Crippen LogP contribution in [-0.4, -0.2) is 20.6 Å². The molecule has 0 bridgehead atoms. The largest absolute Gasteiger partial charge is 0.457 e. The fraction of sp³-hybridized carbons (Fsp3) is 0.200. The maximum atomic E-state index is 12.3. The lowest BCUT2D eigenvalue weighted by Crippen LogP contribution is -2.09. The summed E-state index contributed by atoms with van der Waals surface area (Å²) in [4.78, 5) is 24.2. The molecular weight excluding hydrogens is 368 g/mol. The number of benzene rings is 2. The molecule has 0 spiro atoms. The highest BCUT2D eigenvalue weighted by atomic mass is 32.2. The van der Waals surface area contributed by atoms with Gasteiger partial charge >= 0.3 is 11.6 Å². The molecule has 6 nitrogen and oxygen atoms in total. The van der Waals surface area contributed by atoms with Crippen LogP contribution in [0, 0.1) is 13.8 Å². The quantitative estimate of drug-likeness (QED) is 0.505. The molecule has 27 heavy (non-hydrogen) atoms. The van der Waals surface area contributed by atoms with Gasteiger partial charge in [-0.3, -0.25) is 0 Å². The van der Waals surface area contributed by atoms with E-state index in [-0.39, 0.29) is 17.1 Å². The summed E-state index contributed by atoms with van der Waals surface area (Å²) in [6, 6.07) is 10.6. The van der Waals surface area contributed by atoms with Gasteiger partial charge in [0.05, 0.1) is 10.5 Å². The highest BCUT2D eigenvalue weighted by molar-refractivity contribution is 7.90. The molecule has 0 radical (unpaired) electrons. The first kappa shape index (κ1) is 18.8. The number of rotatable bonds is 4. The van der Waals surface area contributed by atoms with Gasteiger partial charge in [-0.15, -0.1) is 0 Å². The lowest BCUT2D eigenvalue weighted by Gasteiger charge is -2.09. The van der Waals surface area contributed by atoms with Crippen LogP contribution in [0.3, 0.4) is 0 Å². The third-order valence-electron chi connectivity index (χ3n) is 4.30. The molecule has 0 aliphatic carbocycles. The summed E-state index contributed by atoms with van der Waals surface area (Å²) in [5, 5.41) is 0.690. The summed E-state index contributed by atoms with van der Waals surface area (Å²) in [6.07, 6.45) is 1.07. The zero-order valence-corrected chi connectivity index (χ0v) is 15.9. The normalized spacial score (nSPS) is 11.5. The minimum absolute atomic E-state index is 0.0360. The van der Waals surface area contributed by atoms with Crippen molar-refractivity contribution in [2.75, 3.05) is 6.26 Å². The van der Waals surface area contributed by atoms with Crippen LogP contribution < -0.4 is 5.63 Å². The van der Waals surface area contributed by atoms with Crippen molar-refractivity contribution in [3.05, 3.63) is 75.1 Å². The van der Waals surface area contributed by atoms with Gasteiger partial charge in [0, 0.05) is 23.3 Å². The number of carbonyl (C=O) groups excluding carboxylic acids is 1. The van der Waals surface area contributed by atoms with Gasteiger partial charge in [0.25, 0.3) is 0 Å². The van der Waals surface area contributed by atoms with Gasteiger partial charge in [-0.05, 0) is 55.3 Å². The van der Waals surface area contributed by atoms with Gasteiger partial charge in [-0.1, -0.05) is 6.07 Å². The van der Waals surface area contributed by atoms with E-state index in [2.05, 4.69) is 0 Å². The molecule has 0 unspecified atom stereocenters. The molecule has 0 fully saturated rings. The Hall–Kier alpha value is -2.93. The van der Waals surface area contributed by atoms with Crippen LogP contribution in [0.2, 0.25) is 0 Å². The average molecular weight is 386 g/mol. The van der Waals surface area contributed by atoms with Gasteiger partial charge < -0.3 is 9.15 Å². The van der Waals surface area contributed by atoms with Gasteiger partial charge in [-0.25, -0.2) is 18.0 Å². The molecule has 1 heterocycles. The van der Waals surface area contributed by atoms with E-state index in [1.807, 2.05) is 19.9 Å². The molecule has 0 saturated carbocycles. The lowest BCUT2D eigenvalue weighted by atomic mass is 10.0. The molecule has 0 aliphatic heterocycles. The Morgan fingerprint density at radius 2 is 1.78 bits per heavy atom. The zero-order valence-electron chi connectivity index (χ0n) is 15.1. The third kappa shape index (κ3) is 4.09. The van der Waals surface area contributed by atoms with Crippen LogP contribution in [0.4, 0.5) is 0 Å². The summed E-state index contributed by atoms with van der Waals surface area (Å²) in [5.74, 6) is -0.675. The van der Waals surface area contributed by atoms with Crippen LogP contribution in [0.25, 0.3) is 11.0 Å². The van der Waals surface area contributed by atoms with E-state index in [0.717, 1.165) is 17.4 Å². The second kappa shape index (κ2) is 7.00. The maximum Gasteiger partial charge on any atom is 0.338 e. The number of ether oxygens (including phenoxy) is 1. The molecule has 0 saturated heterocycles. The van der Waals surface area contributed by atoms with Crippen molar-refractivity contribution in [2.24, 2.45) is 0 Å². The van der Waals surface area contributed by atoms with E-state index in [1.165, 1.54) is 30.3 Å². The fourth-order valence-electron chi connectivity index (χ4n) is 2.68. The van der Waals surface area contributed by atoms with Gasteiger partial charge in [0.2, 0.25) is 0 Å². The molecule has 0 atom stereocenters. The summed E-state index contributed by atoms with van der Waals surface area (Å²) in [6.45, 7) is 3.72. The zero-order chi connectivity index (χ0) is 19.8. The maximum absolute atomic E-state index is 12.3. The van der Waals surface area contributed by atoms with Crippen LogP contribution in [0.5, 0.6) is 0 Å². The van der Waals surface area contributed by atoms with Crippen molar-refractivity contribution in [1.29, 1.82) is 0 Å². The van der Waals surface area contributed by atoms with E-state index >= 15 is 0 Å². The van der Waals surface area contributed by atoms with Gasteiger partial charge in [0.15, 0.2) is 9.84 Å². The highest BCUT2D eigenvalue weighted by Crippen LogP contribution is 2.22. The predicted octanol–water partition coefficient (Wildman–Crippen LogP) is 3.17. The van der Waals surface area contributed by atoms with Crippen LogP contribution in [0.1, 0.15) is 27.0 Å². The van der Waals surface area contributed by atoms with Crippen LogP contribution >= 0.6 is 0 Å². The topological polar surface area (TPSA) is 90.7 Å². The Labute approximate surface area is 156 Å². The smallest absolute Gasteiger partial charge is 0.338 e. The summed E-state index contributed by atoms with van der Waals surface area (Å²) < 4.78 is 33.8. The number of esters is 1. The van der Waals surface area contributed by atoms with E-state index in [0.29, 0.717) is 16.5 Å². The molecule has 0 N–H and O–H groups in total. The summed E-state index contributed by atoms with van der Waals surface area (Å²) >= 11 is 0. The SMILES string of the molecule is Cc1cc2oc(=O)cc(COC(=O)c3cccc(S(C)(=O)=O)c3)c2cc1C. The van der Waals surface area contributed by atoms with E-state index in [4.69, 9.17) is 9.15 Å². The Kier molecular flexibility index (Phi) is 4.89. The Morgan fingerprint density at radius 1 is 1.07 bits per heavy atom. The van der Waals surface area contributed by atoms with Crippen LogP contribution in [-0.2, 0) is 21.2 Å². The first-order valence-electron chi connectivity index (χ1n) is 8.16. The predicted molar refractivity (Wildman–Crippen MR) is 101 cm³/mol. The van der Waals surface area contributed by atoms with E-state index in [9.17, 15) is 18.0 Å². The Morgan fingerprint density at radius 3 is 2.48 bits per heavy atom. The van der Waals surface area contributed by atoms with E-state index < -0.39 is 21.4 Å². The molecule has 2 aromatic carbocycles. The molecule has 3 aromatic rings. The molecule has 140 valence electrons.